The average Bonchev–Trinajstić information content (AvgIpc) is 3.04. The van der Waals surface area contributed by atoms with Crippen LogP contribution in [0.4, 0.5) is 0 Å². The number of benzene rings is 1. The Morgan fingerprint density at radius 1 is 1.23 bits per heavy atom. The van der Waals surface area contributed by atoms with Gasteiger partial charge in [0.1, 0.15) is 11.3 Å². The van der Waals surface area contributed by atoms with Gasteiger partial charge in [0.2, 0.25) is 0 Å². The number of thiophene rings is 1. The molecule has 0 atom stereocenters. The second-order valence-electron chi connectivity index (χ2n) is 6.60. The minimum atomic E-state index is -0.300. The summed E-state index contributed by atoms with van der Waals surface area (Å²) in [6, 6.07) is 5.21. The van der Waals surface area contributed by atoms with Gasteiger partial charge in [-0.15, -0.1) is 11.3 Å². The number of nitrogens with zero attached hydrogens (tertiary/aromatic N) is 2. The van der Waals surface area contributed by atoms with E-state index in [1.165, 1.54) is 24.1 Å². The molecule has 0 bridgehead atoms. The lowest BCUT2D eigenvalue weighted by Gasteiger charge is -2.26. The number of rotatable bonds is 2. The van der Waals surface area contributed by atoms with E-state index in [0.29, 0.717) is 15.8 Å². The number of likely N-dealkylation sites (tertiary alicyclic amines) is 1. The van der Waals surface area contributed by atoms with Crippen LogP contribution < -0.4 is 5.56 Å². The molecule has 3 heterocycles. The molecule has 1 aromatic carbocycles. The Bertz CT molecular complexity index is 1050. The van der Waals surface area contributed by atoms with Gasteiger partial charge in [-0.25, -0.2) is 4.98 Å². The first-order chi connectivity index (χ1) is 12.5. The standard InChI is InChI=1S/C19H19N3O3S/c1-11-7-15(19(25)22-5-3-2-4-6-22)26-17(11)12-8-13-16(14(23)9-12)20-10-21-18(13)24/h7-10,23H,2-6H2,1H3,(H,20,21,24). The molecular formula is C19H19N3O3S. The predicted octanol–water partition coefficient (Wildman–Crippen LogP) is 3.29. The quantitative estimate of drug-likeness (QED) is 0.726. The number of piperidine rings is 1. The summed E-state index contributed by atoms with van der Waals surface area (Å²) in [5, 5.41) is 10.6. The Morgan fingerprint density at radius 2 is 2.00 bits per heavy atom. The molecule has 2 N–H and O–H groups in total. The van der Waals surface area contributed by atoms with E-state index in [1.54, 1.807) is 12.1 Å². The number of fused-ring (bicyclic) bond motifs is 1. The highest BCUT2D eigenvalue weighted by atomic mass is 32.1. The van der Waals surface area contributed by atoms with Crippen LogP contribution in [-0.2, 0) is 0 Å². The molecule has 0 unspecified atom stereocenters. The number of H-pyrrole nitrogens is 1. The second kappa shape index (κ2) is 6.57. The first kappa shape index (κ1) is 16.8. The molecule has 6 nitrogen and oxygen atoms in total. The van der Waals surface area contributed by atoms with Crippen molar-refractivity contribution < 1.29 is 9.90 Å². The number of phenols is 1. The van der Waals surface area contributed by atoms with Crippen molar-refractivity contribution in [2.24, 2.45) is 0 Å². The highest BCUT2D eigenvalue weighted by Gasteiger charge is 2.22. The molecule has 0 spiro atoms. The summed E-state index contributed by atoms with van der Waals surface area (Å²) in [6.45, 7) is 3.55. The van der Waals surface area contributed by atoms with Gasteiger partial charge in [0.05, 0.1) is 16.6 Å². The number of phenolic OH excluding ortho intramolecular Hbond substituents is 1. The van der Waals surface area contributed by atoms with Crippen LogP contribution in [0.15, 0.2) is 29.3 Å². The number of amides is 1. The fraction of sp³-hybridized carbons (Fsp3) is 0.316. The first-order valence-corrected chi connectivity index (χ1v) is 9.47. The zero-order valence-electron chi connectivity index (χ0n) is 14.4. The fourth-order valence-electron chi connectivity index (χ4n) is 3.42. The summed E-state index contributed by atoms with van der Waals surface area (Å²) in [6.07, 6.45) is 4.56. The minimum Gasteiger partial charge on any atom is -0.506 e. The summed E-state index contributed by atoms with van der Waals surface area (Å²) in [4.78, 5) is 34.8. The Morgan fingerprint density at radius 3 is 2.77 bits per heavy atom. The second-order valence-corrected chi connectivity index (χ2v) is 7.65. The van der Waals surface area contributed by atoms with Crippen molar-refractivity contribution in [2.45, 2.75) is 26.2 Å². The van der Waals surface area contributed by atoms with Crippen molar-refractivity contribution in [1.82, 2.24) is 14.9 Å². The maximum atomic E-state index is 12.8. The third-order valence-corrected chi connectivity index (χ3v) is 6.03. The molecule has 1 aliphatic rings. The zero-order chi connectivity index (χ0) is 18.3. The average molecular weight is 369 g/mol. The highest BCUT2D eigenvalue weighted by Crippen LogP contribution is 2.36. The highest BCUT2D eigenvalue weighted by molar-refractivity contribution is 7.17. The van der Waals surface area contributed by atoms with Crippen LogP contribution in [-0.4, -0.2) is 39.0 Å². The summed E-state index contributed by atoms with van der Waals surface area (Å²) < 4.78 is 0. The molecule has 2 aromatic heterocycles. The topological polar surface area (TPSA) is 86.3 Å². The van der Waals surface area contributed by atoms with Crippen molar-refractivity contribution in [2.75, 3.05) is 13.1 Å². The lowest BCUT2D eigenvalue weighted by atomic mass is 10.1. The van der Waals surface area contributed by atoms with E-state index in [0.717, 1.165) is 36.4 Å². The zero-order valence-corrected chi connectivity index (χ0v) is 15.2. The number of aromatic nitrogens is 2. The molecule has 3 aromatic rings. The third kappa shape index (κ3) is 2.88. The molecule has 26 heavy (non-hydrogen) atoms. The van der Waals surface area contributed by atoms with Crippen LogP contribution in [0.3, 0.4) is 0 Å². The number of aromatic hydroxyl groups is 1. The number of hydrogen-bond acceptors (Lipinski definition) is 5. The maximum absolute atomic E-state index is 12.8. The Kier molecular flexibility index (Phi) is 4.24. The molecular weight excluding hydrogens is 350 g/mol. The van der Waals surface area contributed by atoms with Crippen molar-refractivity contribution in [3.05, 3.63) is 45.3 Å². The molecule has 1 aliphatic heterocycles. The van der Waals surface area contributed by atoms with Gasteiger partial charge in [0.25, 0.3) is 11.5 Å². The summed E-state index contributed by atoms with van der Waals surface area (Å²) in [7, 11) is 0. The van der Waals surface area contributed by atoms with Gasteiger partial charge in [-0.2, -0.15) is 0 Å². The predicted molar refractivity (Wildman–Crippen MR) is 102 cm³/mol. The van der Waals surface area contributed by atoms with Crippen LogP contribution in [0.25, 0.3) is 21.3 Å². The van der Waals surface area contributed by atoms with E-state index in [-0.39, 0.29) is 22.7 Å². The maximum Gasteiger partial charge on any atom is 0.263 e. The number of carbonyl (C=O) groups excluding carboxylic acids is 1. The van der Waals surface area contributed by atoms with Crippen molar-refractivity contribution in [3.63, 3.8) is 0 Å². The largest absolute Gasteiger partial charge is 0.506 e. The Hall–Kier alpha value is -2.67. The molecule has 1 fully saturated rings. The van der Waals surface area contributed by atoms with Crippen LogP contribution in [0, 0.1) is 6.92 Å². The summed E-state index contributed by atoms with van der Waals surface area (Å²) in [5.74, 6) is 0.0221. The van der Waals surface area contributed by atoms with Gasteiger partial charge < -0.3 is 15.0 Å². The molecule has 0 radical (unpaired) electrons. The first-order valence-electron chi connectivity index (χ1n) is 8.65. The molecule has 0 saturated carbocycles. The van der Waals surface area contributed by atoms with E-state index in [4.69, 9.17) is 0 Å². The van der Waals surface area contributed by atoms with Crippen molar-refractivity contribution in [3.8, 4) is 16.2 Å². The fourth-order valence-corrected chi connectivity index (χ4v) is 4.55. The molecule has 4 rings (SSSR count). The van der Waals surface area contributed by atoms with E-state index in [1.807, 2.05) is 17.9 Å². The Balaban J connectivity index is 1.76. The van der Waals surface area contributed by atoms with Gasteiger partial charge >= 0.3 is 0 Å². The molecule has 0 aliphatic carbocycles. The minimum absolute atomic E-state index is 0.0414. The molecule has 1 saturated heterocycles. The van der Waals surface area contributed by atoms with Gasteiger partial charge in [0, 0.05) is 18.0 Å². The van der Waals surface area contributed by atoms with Gasteiger partial charge in [-0.3, -0.25) is 9.59 Å². The van der Waals surface area contributed by atoms with Crippen molar-refractivity contribution in [1.29, 1.82) is 0 Å². The number of hydrogen-bond donors (Lipinski definition) is 2. The summed E-state index contributed by atoms with van der Waals surface area (Å²) in [5.41, 5.74) is 1.64. The molecule has 7 heteroatoms. The Labute approximate surface area is 154 Å². The number of carbonyl (C=O) groups is 1. The number of nitrogens with one attached hydrogen (secondary N) is 1. The van der Waals surface area contributed by atoms with Gasteiger partial charge in [0.15, 0.2) is 0 Å². The van der Waals surface area contributed by atoms with Gasteiger partial charge in [-0.05, 0) is 55.5 Å². The SMILES string of the molecule is Cc1cc(C(=O)N2CCCCC2)sc1-c1cc(O)c2nc[nH]c(=O)c2c1. The van der Waals surface area contributed by atoms with Crippen LogP contribution >= 0.6 is 11.3 Å². The molecule has 1 amide bonds. The van der Waals surface area contributed by atoms with Gasteiger partial charge in [-0.1, -0.05) is 0 Å². The van der Waals surface area contributed by atoms with E-state index < -0.39 is 0 Å². The normalized spacial score (nSPS) is 14.7. The lowest BCUT2D eigenvalue weighted by Crippen LogP contribution is -2.35. The summed E-state index contributed by atoms with van der Waals surface area (Å²) >= 11 is 1.40. The van der Waals surface area contributed by atoms with Crippen LogP contribution in [0.5, 0.6) is 5.75 Å². The van der Waals surface area contributed by atoms with Crippen LogP contribution in [0.2, 0.25) is 0 Å². The molecule has 134 valence electrons. The van der Waals surface area contributed by atoms with Crippen LogP contribution in [0.1, 0.15) is 34.5 Å². The lowest BCUT2D eigenvalue weighted by molar-refractivity contribution is 0.0729. The van der Waals surface area contributed by atoms with E-state index >= 15 is 0 Å². The van der Waals surface area contributed by atoms with E-state index in [9.17, 15) is 14.7 Å². The van der Waals surface area contributed by atoms with E-state index in [2.05, 4.69) is 9.97 Å². The third-order valence-electron chi connectivity index (χ3n) is 4.76. The van der Waals surface area contributed by atoms with Crippen molar-refractivity contribution >= 4 is 28.1 Å². The number of aromatic amines is 1. The monoisotopic (exact) mass is 369 g/mol. The number of aryl methyl sites for hydroxylation is 1. The smallest absolute Gasteiger partial charge is 0.263 e.